The van der Waals surface area contributed by atoms with Gasteiger partial charge in [-0.2, -0.15) is 0 Å². The average Bonchev–Trinajstić information content (AvgIpc) is 3.10. The second-order valence-corrected chi connectivity index (χ2v) is 18.2. The maximum atomic E-state index is 12.9. The van der Waals surface area contributed by atoms with Crippen molar-refractivity contribution in [1.29, 1.82) is 0 Å². The number of quaternary nitrogens is 1. The lowest BCUT2D eigenvalue weighted by molar-refractivity contribution is -0.870. The fourth-order valence-electron chi connectivity index (χ4n) is 6.62. The topological polar surface area (TPSA) is 108 Å². The standard InChI is InChI=1S/C44H89N2O6P/c1-6-8-10-12-14-16-18-20-21-22-23-24-25-26-28-30-32-34-36-38-44(48)45-42(41-52-53(49,50)51-40-39-46(3,4)5)43(47)37-35-33-31-29-27-19-17-15-13-11-9-7-2/h22-23,42-43,47H,6-21,24-41H2,1-5H3,(H-,45,48,49,50)/b23-22-. The van der Waals surface area contributed by atoms with Crippen molar-refractivity contribution < 1.29 is 32.9 Å². The van der Waals surface area contributed by atoms with Crippen molar-refractivity contribution in [3.8, 4) is 0 Å². The number of rotatable bonds is 41. The van der Waals surface area contributed by atoms with Gasteiger partial charge in [0.1, 0.15) is 13.2 Å². The first-order valence-electron chi connectivity index (χ1n) is 22.5. The van der Waals surface area contributed by atoms with Gasteiger partial charge in [0.05, 0.1) is 39.9 Å². The molecule has 0 rings (SSSR count). The fraction of sp³-hybridized carbons (Fsp3) is 0.932. The lowest BCUT2D eigenvalue weighted by atomic mass is 10.0. The molecule has 0 fully saturated rings. The molecule has 0 aliphatic carbocycles. The first kappa shape index (κ1) is 52.2. The SMILES string of the molecule is CCCCCCCCCC/C=C\CCCCCCCCCC(=O)NC(COP(=O)([O-])OCC[N+](C)(C)C)C(O)CCCCCCCCCCCCCC. The summed E-state index contributed by atoms with van der Waals surface area (Å²) in [4.78, 5) is 25.3. The Morgan fingerprint density at radius 3 is 1.47 bits per heavy atom. The molecule has 3 atom stereocenters. The summed E-state index contributed by atoms with van der Waals surface area (Å²) >= 11 is 0. The Kier molecular flexibility index (Phi) is 36.3. The highest BCUT2D eigenvalue weighted by Crippen LogP contribution is 2.38. The van der Waals surface area contributed by atoms with Gasteiger partial charge in [0, 0.05) is 6.42 Å². The van der Waals surface area contributed by atoms with Gasteiger partial charge in [-0.15, -0.1) is 0 Å². The molecular weight excluding hydrogens is 683 g/mol. The third-order valence-electron chi connectivity index (χ3n) is 10.3. The Morgan fingerprint density at radius 1 is 0.642 bits per heavy atom. The van der Waals surface area contributed by atoms with E-state index >= 15 is 0 Å². The van der Waals surface area contributed by atoms with Gasteiger partial charge < -0.3 is 28.8 Å². The molecule has 0 aromatic heterocycles. The number of amides is 1. The number of hydrogen-bond acceptors (Lipinski definition) is 6. The molecule has 9 heteroatoms. The predicted molar refractivity (Wildman–Crippen MR) is 224 cm³/mol. The number of nitrogens with one attached hydrogen (secondary N) is 1. The summed E-state index contributed by atoms with van der Waals surface area (Å²) in [6.07, 6.45) is 40.7. The number of aliphatic hydroxyl groups is 1. The molecule has 0 saturated carbocycles. The molecule has 1 amide bonds. The average molecular weight is 773 g/mol. The Labute approximate surface area is 329 Å². The summed E-state index contributed by atoms with van der Waals surface area (Å²) in [5.74, 6) is -0.169. The van der Waals surface area contributed by atoms with Crippen molar-refractivity contribution in [2.24, 2.45) is 0 Å². The predicted octanol–water partition coefficient (Wildman–Crippen LogP) is 11.7. The van der Waals surface area contributed by atoms with Crippen molar-refractivity contribution in [1.82, 2.24) is 5.32 Å². The van der Waals surface area contributed by atoms with Crippen LogP contribution in [0.3, 0.4) is 0 Å². The molecule has 0 aliphatic rings. The molecule has 53 heavy (non-hydrogen) atoms. The molecule has 8 nitrogen and oxygen atoms in total. The van der Waals surface area contributed by atoms with Crippen LogP contribution in [0.2, 0.25) is 0 Å². The number of carbonyl (C=O) groups is 1. The molecule has 0 radical (unpaired) electrons. The lowest BCUT2D eigenvalue weighted by Gasteiger charge is -2.30. The number of nitrogens with zero attached hydrogens (tertiary/aromatic N) is 1. The maximum Gasteiger partial charge on any atom is 0.268 e. The van der Waals surface area contributed by atoms with Crippen LogP contribution < -0.4 is 10.2 Å². The Hall–Kier alpha value is -0.760. The molecule has 2 N–H and O–H groups in total. The number of aliphatic hydroxyl groups excluding tert-OH is 1. The number of phosphoric acid groups is 1. The molecule has 3 unspecified atom stereocenters. The highest BCUT2D eigenvalue weighted by atomic mass is 31.2. The highest BCUT2D eigenvalue weighted by Gasteiger charge is 2.24. The van der Waals surface area contributed by atoms with Gasteiger partial charge in [0.25, 0.3) is 7.82 Å². The van der Waals surface area contributed by atoms with E-state index in [0.717, 1.165) is 38.5 Å². The molecule has 0 aliphatic heterocycles. The smallest absolute Gasteiger partial charge is 0.268 e. The minimum atomic E-state index is -4.56. The van der Waals surface area contributed by atoms with Crippen molar-refractivity contribution >= 4 is 13.7 Å². The Morgan fingerprint density at radius 2 is 1.04 bits per heavy atom. The third-order valence-corrected chi connectivity index (χ3v) is 11.2. The van der Waals surface area contributed by atoms with E-state index in [4.69, 9.17) is 9.05 Å². The van der Waals surface area contributed by atoms with Crippen LogP contribution in [-0.2, 0) is 18.4 Å². The minimum Gasteiger partial charge on any atom is -0.756 e. The second kappa shape index (κ2) is 36.9. The van der Waals surface area contributed by atoms with Crippen LogP contribution >= 0.6 is 7.82 Å². The van der Waals surface area contributed by atoms with E-state index in [1.54, 1.807) is 0 Å². The van der Waals surface area contributed by atoms with Crippen LogP contribution in [0, 0.1) is 0 Å². The number of carbonyl (C=O) groups excluding carboxylic acids is 1. The molecule has 0 spiro atoms. The van der Waals surface area contributed by atoms with Crippen molar-refractivity contribution in [2.45, 2.75) is 225 Å². The van der Waals surface area contributed by atoms with Crippen LogP contribution in [0.5, 0.6) is 0 Å². The van der Waals surface area contributed by atoms with Gasteiger partial charge in [-0.05, 0) is 38.5 Å². The number of allylic oxidation sites excluding steroid dienone is 2. The summed E-state index contributed by atoms with van der Waals surface area (Å²) in [6, 6.07) is -0.797. The maximum absolute atomic E-state index is 12.9. The zero-order valence-corrected chi connectivity index (χ0v) is 36.6. The molecule has 0 aromatic carbocycles. The van der Waals surface area contributed by atoms with Crippen molar-refractivity contribution in [2.75, 3.05) is 40.9 Å². The van der Waals surface area contributed by atoms with E-state index < -0.39 is 20.0 Å². The normalized spacial score (nSPS) is 14.5. The number of phosphoric ester groups is 1. The fourth-order valence-corrected chi connectivity index (χ4v) is 7.35. The van der Waals surface area contributed by atoms with E-state index in [9.17, 15) is 19.4 Å². The zero-order valence-electron chi connectivity index (χ0n) is 35.7. The summed E-state index contributed by atoms with van der Waals surface area (Å²) < 4.78 is 23.2. The number of likely N-dealkylation sites (N-methyl/N-ethyl adjacent to an activating group) is 1. The monoisotopic (exact) mass is 773 g/mol. The van der Waals surface area contributed by atoms with Crippen LogP contribution in [-0.4, -0.2) is 68.5 Å². The summed E-state index contributed by atoms with van der Waals surface area (Å²) in [7, 11) is 1.31. The van der Waals surface area contributed by atoms with Gasteiger partial charge in [-0.3, -0.25) is 9.36 Å². The Bertz CT molecular complexity index is 880. The van der Waals surface area contributed by atoms with E-state index in [-0.39, 0.29) is 19.1 Å². The van der Waals surface area contributed by atoms with Gasteiger partial charge in [0.15, 0.2) is 0 Å². The molecule has 0 saturated heterocycles. The quantitative estimate of drug-likeness (QED) is 0.0277. The van der Waals surface area contributed by atoms with E-state index in [1.165, 1.54) is 148 Å². The molecule has 0 aromatic rings. The largest absolute Gasteiger partial charge is 0.756 e. The van der Waals surface area contributed by atoms with Crippen molar-refractivity contribution in [3.63, 3.8) is 0 Å². The molecule has 0 heterocycles. The van der Waals surface area contributed by atoms with E-state index in [1.807, 2.05) is 21.1 Å². The summed E-state index contributed by atoms with van der Waals surface area (Å²) in [5.41, 5.74) is 0. The van der Waals surface area contributed by atoms with Crippen molar-refractivity contribution in [3.05, 3.63) is 12.2 Å². The van der Waals surface area contributed by atoms with E-state index in [2.05, 4.69) is 31.3 Å². The second-order valence-electron chi connectivity index (χ2n) is 16.8. The van der Waals surface area contributed by atoms with Gasteiger partial charge >= 0.3 is 0 Å². The molecule has 0 bridgehead atoms. The highest BCUT2D eigenvalue weighted by molar-refractivity contribution is 7.45. The molecular formula is C44H89N2O6P. The van der Waals surface area contributed by atoms with Crippen LogP contribution in [0.15, 0.2) is 12.2 Å². The number of hydrogen-bond donors (Lipinski definition) is 2. The minimum absolute atomic E-state index is 0.0131. The first-order chi connectivity index (χ1) is 25.5. The number of unbranched alkanes of at least 4 members (excludes halogenated alkanes) is 26. The lowest BCUT2D eigenvalue weighted by Crippen LogP contribution is -2.46. The summed E-state index contributed by atoms with van der Waals surface area (Å²) in [6.45, 7) is 4.72. The van der Waals surface area contributed by atoms with Gasteiger partial charge in [-0.1, -0.05) is 180 Å². The van der Waals surface area contributed by atoms with E-state index in [0.29, 0.717) is 23.9 Å². The van der Waals surface area contributed by atoms with Crippen LogP contribution in [0.4, 0.5) is 0 Å². The van der Waals surface area contributed by atoms with Crippen LogP contribution in [0.1, 0.15) is 213 Å². The zero-order chi connectivity index (χ0) is 39.3. The van der Waals surface area contributed by atoms with Gasteiger partial charge in [-0.25, -0.2) is 0 Å². The third kappa shape index (κ3) is 39.3. The summed E-state index contributed by atoms with van der Waals surface area (Å²) in [5, 5.41) is 13.9. The van der Waals surface area contributed by atoms with Crippen LogP contribution in [0.25, 0.3) is 0 Å². The Balaban J connectivity index is 4.31. The molecule has 316 valence electrons. The van der Waals surface area contributed by atoms with Gasteiger partial charge in [0.2, 0.25) is 5.91 Å². The first-order valence-corrected chi connectivity index (χ1v) is 24.0.